The highest BCUT2D eigenvalue weighted by Crippen LogP contribution is 2.24. The molecule has 2 rings (SSSR count). The highest BCUT2D eigenvalue weighted by molar-refractivity contribution is 6.19. The third-order valence-electron chi connectivity index (χ3n) is 2.42. The Kier molecular flexibility index (Phi) is 3.81. The number of aromatic nitrogens is 1. The zero-order valence-corrected chi connectivity index (χ0v) is 10.4. The Morgan fingerprint density at radius 3 is 2.94 bits per heavy atom. The number of nitriles is 1. The predicted molar refractivity (Wildman–Crippen MR) is 71.8 cm³/mol. The van der Waals surface area contributed by atoms with Gasteiger partial charge in [0.15, 0.2) is 0 Å². The monoisotopic (exact) mass is 258 g/mol. The van der Waals surface area contributed by atoms with E-state index in [4.69, 9.17) is 21.6 Å². The van der Waals surface area contributed by atoms with E-state index in [2.05, 4.69) is 11.6 Å². The minimum atomic E-state index is 0.348. The number of alkyl halides is 1. The topological polar surface area (TPSA) is 45.9 Å². The molecule has 4 heteroatoms. The summed E-state index contributed by atoms with van der Waals surface area (Å²) in [7, 11) is 0. The molecule has 0 saturated heterocycles. The summed E-state index contributed by atoms with van der Waals surface area (Å²) >= 11 is 5.65. The summed E-state index contributed by atoms with van der Waals surface area (Å²) in [5, 5.41) is 9.79. The van der Waals surface area contributed by atoms with Crippen LogP contribution in [0.5, 0.6) is 5.75 Å². The molecule has 18 heavy (non-hydrogen) atoms. The zero-order chi connectivity index (χ0) is 13.0. The van der Waals surface area contributed by atoms with Crippen molar-refractivity contribution >= 4 is 22.5 Å². The molecular formula is C14H11ClN2O. The van der Waals surface area contributed by atoms with Crippen LogP contribution < -0.4 is 4.74 Å². The van der Waals surface area contributed by atoms with Crippen molar-refractivity contribution in [2.75, 3.05) is 12.5 Å². The van der Waals surface area contributed by atoms with Crippen molar-refractivity contribution in [2.24, 2.45) is 0 Å². The van der Waals surface area contributed by atoms with Crippen molar-refractivity contribution in [3.63, 3.8) is 0 Å². The molecule has 1 aromatic heterocycles. The molecule has 0 bridgehead atoms. The summed E-state index contributed by atoms with van der Waals surface area (Å²) in [4.78, 5) is 4.25. The molecule has 0 atom stereocenters. The average Bonchev–Trinajstić information content (AvgIpc) is 2.43. The Balaban J connectivity index is 2.37. The lowest BCUT2D eigenvalue weighted by atomic mass is 10.2. The Morgan fingerprint density at radius 1 is 1.39 bits per heavy atom. The first-order chi connectivity index (χ1) is 8.74. The van der Waals surface area contributed by atoms with Gasteiger partial charge in [0, 0.05) is 11.3 Å². The van der Waals surface area contributed by atoms with E-state index in [1.165, 1.54) is 0 Å². The molecule has 0 saturated carbocycles. The minimum Gasteiger partial charge on any atom is -0.487 e. The van der Waals surface area contributed by atoms with Gasteiger partial charge in [0.2, 0.25) is 0 Å². The van der Waals surface area contributed by atoms with Gasteiger partial charge < -0.3 is 4.74 Å². The molecule has 0 aliphatic heterocycles. The van der Waals surface area contributed by atoms with Gasteiger partial charge in [-0.25, -0.2) is 4.98 Å². The molecule has 3 nitrogen and oxygen atoms in total. The van der Waals surface area contributed by atoms with Gasteiger partial charge in [-0.1, -0.05) is 18.7 Å². The van der Waals surface area contributed by atoms with E-state index < -0.39 is 0 Å². The van der Waals surface area contributed by atoms with Crippen LogP contribution in [0.2, 0.25) is 0 Å². The van der Waals surface area contributed by atoms with Crippen molar-refractivity contribution < 1.29 is 4.74 Å². The molecule has 0 radical (unpaired) electrons. The van der Waals surface area contributed by atoms with Crippen molar-refractivity contribution in [3.05, 3.63) is 48.2 Å². The number of hydrogen-bond donors (Lipinski definition) is 0. The molecule has 0 spiro atoms. The molecule has 0 aliphatic rings. The van der Waals surface area contributed by atoms with Crippen molar-refractivity contribution in [1.29, 1.82) is 5.26 Å². The molecule has 90 valence electrons. The summed E-state index contributed by atoms with van der Waals surface area (Å²) in [6, 6.07) is 11.2. The first-order valence-electron chi connectivity index (χ1n) is 5.40. The molecule has 0 fully saturated rings. The first-order valence-corrected chi connectivity index (χ1v) is 5.93. The lowest BCUT2D eigenvalue weighted by molar-refractivity contribution is 0.356. The number of benzene rings is 1. The van der Waals surface area contributed by atoms with Crippen LogP contribution >= 0.6 is 11.6 Å². The van der Waals surface area contributed by atoms with Crippen LogP contribution in [0.4, 0.5) is 0 Å². The van der Waals surface area contributed by atoms with Gasteiger partial charge in [0.1, 0.15) is 29.6 Å². The molecule has 2 aromatic rings. The van der Waals surface area contributed by atoms with Crippen LogP contribution in [0.1, 0.15) is 5.69 Å². The Labute approximate surface area is 110 Å². The largest absolute Gasteiger partial charge is 0.487 e. The maximum absolute atomic E-state index is 8.86. The third-order valence-corrected chi connectivity index (χ3v) is 2.80. The standard InChI is InChI=1S/C14H11ClN2O/c1-10(7-15)9-18-13-4-2-3-11-5-6-12(8-16)17-14(11)13/h2-6H,1,7,9H2. The van der Waals surface area contributed by atoms with E-state index >= 15 is 0 Å². The predicted octanol–water partition coefficient (Wildman–Crippen LogP) is 3.28. The van der Waals surface area contributed by atoms with Crippen LogP contribution in [0.3, 0.4) is 0 Å². The molecule has 0 aliphatic carbocycles. The average molecular weight is 259 g/mol. The second-order valence-electron chi connectivity index (χ2n) is 3.81. The second-order valence-corrected chi connectivity index (χ2v) is 4.08. The fraction of sp³-hybridized carbons (Fsp3) is 0.143. The zero-order valence-electron chi connectivity index (χ0n) is 9.69. The van der Waals surface area contributed by atoms with E-state index in [-0.39, 0.29) is 0 Å². The van der Waals surface area contributed by atoms with Gasteiger partial charge in [-0.05, 0) is 23.8 Å². The van der Waals surface area contributed by atoms with E-state index in [0.29, 0.717) is 29.4 Å². The second kappa shape index (κ2) is 5.52. The highest BCUT2D eigenvalue weighted by atomic mass is 35.5. The molecule has 0 N–H and O–H groups in total. The minimum absolute atomic E-state index is 0.348. The summed E-state index contributed by atoms with van der Waals surface area (Å²) in [6.45, 7) is 4.12. The summed E-state index contributed by atoms with van der Waals surface area (Å²) < 4.78 is 5.62. The number of halogens is 1. The van der Waals surface area contributed by atoms with E-state index in [1.807, 2.05) is 30.3 Å². The fourth-order valence-corrected chi connectivity index (χ4v) is 1.59. The highest BCUT2D eigenvalue weighted by Gasteiger charge is 2.05. The van der Waals surface area contributed by atoms with E-state index in [9.17, 15) is 0 Å². The van der Waals surface area contributed by atoms with Crippen molar-refractivity contribution in [3.8, 4) is 11.8 Å². The summed E-state index contributed by atoms with van der Waals surface area (Å²) in [5.41, 5.74) is 1.85. The fourth-order valence-electron chi connectivity index (χ4n) is 1.52. The number of hydrogen-bond acceptors (Lipinski definition) is 3. The normalized spacial score (nSPS) is 10.0. The Bertz CT molecular complexity index is 631. The van der Waals surface area contributed by atoms with E-state index in [1.54, 1.807) is 6.07 Å². The molecular weight excluding hydrogens is 248 g/mol. The summed E-state index contributed by atoms with van der Waals surface area (Å²) in [6.07, 6.45) is 0. The van der Waals surface area contributed by atoms with Crippen LogP contribution in [-0.4, -0.2) is 17.5 Å². The van der Waals surface area contributed by atoms with Gasteiger partial charge in [-0.15, -0.1) is 11.6 Å². The van der Waals surface area contributed by atoms with Crippen molar-refractivity contribution in [1.82, 2.24) is 4.98 Å². The molecule has 1 aromatic carbocycles. The number of rotatable bonds is 4. The number of pyridine rings is 1. The molecule has 0 unspecified atom stereocenters. The number of nitrogens with zero attached hydrogens (tertiary/aromatic N) is 2. The summed E-state index contributed by atoms with van der Waals surface area (Å²) in [5.74, 6) is 0.998. The van der Waals surface area contributed by atoms with Crippen LogP contribution in [-0.2, 0) is 0 Å². The first kappa shape index (κ1) is 12.4. The SMILES string of the molecule is C=C(CCl)COc1cccc2ccc(C#N)nc12. The lowest BCUT2D eigenvalue weighted by Crippen LogP contribution is -2.02. The third kappa shape index (κ3) is 2.61. The number of fused-ring (bicyclic) bond motifs is 1. The van der Waals surface area contributed by atoms with Crippen LogP contribution in [0.25, 0.3) is 10.9 Å². The molecule has 0 amide bonds. The lowest BCUT2D eigenvalue weighted by Gasteiger charge is -2.09. The Hall–Kier alpha value is -2.05. The van der Waals surface area contributed by atoms with E-state index in [0.717, 1.165) is 11.0 Å². The van der Waals surface area contributed by atoms with Crippen LogP contribution in [0.15, 0.2) is 42.5 Å². The number of ether oxygens (including phenoxy) is 1. The smallest absolute Gasteiger partial charge is 0.146 e. The quantitative estimate of drug-likeness (QED) is 0.624. The van der Waals surface area contributed by atoms with Gasteiger partial charge in [-0.3, -0.25) is 0 Å². The molecule has 1 heterocycles. The van der Waals surface area contributed by atoms with Gasteiger partial charge in [0.25, 0.3) is 0 Å². The van der Waals surface area contributed by atoms with Crippen molar-refractivity contribution in [2.45, 2.75) is 0 Å². The maximum Gasteiger partial charge on any atom is 0.146 e. The number of para-hydroxylation sites is 1. The van der Waals surface area contributed by atoms with Gasteiger partial charge in [0.05, 0.1) is 0 Å². The Morgan fingerprint density at radius 2 is 2.22 bits per heavy atom. The maximum atomic E-state index is 8.86. The van der Waals surface area contributed by atoms with Crippen LogP contribution in [0, 0.1) is 11.3 Å². The van der Waals surface area contributed by atoms with Gasteiger partial charge >= 0.3 is 0 Å². The van der Waals surface area contributed by atoms with Gasteiger partial charge in [-0.2, -0.15) is 5.26 Å².